The van der Waals surface area contributed by atoms with Gasteiger partial charge in [-0.15, -0.1) is 0 Å². The van der Waals surface area contributed by atoms with Crippen LogP contribution in [0.25, 0.3) is 0 Å². The standard InChI is InChI=1S/C8H14O.C6H13NO2.CH4O/c9-8-6-4-2-1-3-5-7-8;1-6(2,3)9-5(8)7-4;1-2/h4,6,8-9H,1-3,5,7H2;1-4H3,(H,7,8);2H,1H3/b6-4-;;. The lowest BCUT2D eigenvalue weighted by atomic mass is 10.0. The van der Waals surface area contributed by atoms with E-state index in [9.17, 15) is 4.79 Å². The zero-order chi connectivity index (χ0) is 16.0. The quantitative estimate of drug-likeness (QED) is 0.599. The number of aliphatic hydroxyl groups is 2. The van der Waals surface area contributed by atoms with Crippen LogP contribution in [0.15, 0.2) is 12.2 Å². The summed E-state index contributed by atoms with van der Waals surface area (Å²) in [5.74, 6) is 0. The zero-order valence-electron chi connectivity index (χ0n) is 13.5. The van der Waals surface area contributed by atoms with Crippen LogP contribution in [-0.2, 0) is 4.74 Å². The highest BCUT2D eigenvalue weighted by molar-refractivity contribution is 5.67. The van der Waals surface area contributed by atoms with Gasteiger partial charge in [0.15, 0.2) is 0 Å². The Morgan fingerprint density at radius 3 is 2.30 bits per heavy atom. The van der Waals surface area contributed by atoms with Crippen molar-refractivity contribution in [1.82, 2.24) is 5.32 Å². The number of allylic oxidation sites excluding steroid dienone is 1. The Morgan fingerprint density at radius 1 is 1.25 bits per heavy atom. The fourth-order valence-electron chi connectivity index (χ4n) is 1.47. The molecule has 5 heteroatoms. The summed E-state index contributed by atoms with van der Waals surface area (Å²) < 4.78 is 4.84. The molecule has 0 spiro atoms. The Balaban J connectivity index is 0. The van der Waals surface area contributed by atoms with Gasteiger partial charge in [0.2, 0.25) is 0 Å². The molecule has 1 amide bonds. The molecule has 0 saturated carbocycles. The molecule has 1 unspecified atom stereocenters. The third kappa shape index (κ3) is 16.9. The molecule has 120 valence electrons. The van der Waals surface area contributed by atoms with Gasteiger partial charge in [0.25, 0.3) is 0 Å². The van der Waals surface area contributed by atoms with E-state index in [1.165, 1.54) is 26.3 Å². The lowest BCUT2D eigenvalue weighted by Crippen LogP contribution is -2.30. The first kappa shape index (κ1) is 21.2. The largest absolute Gasteiger partial charge is 0.444 e. The molecule has 0 heterocycles. The first-order valence-electron chi connectivity index (χ1n) is 7.05. The van der Waals surface area contributed by atoms with Crippen LogP contribution in [0.2, 0.25) is 0 Å². The summed E-state index contributed by atoms with van der Waals surface area (Å²) in [5, 5.41) is 18.5. The second-order valence-electron chi connectivity index (χ2n) is 5.39. The van der Waals surface area contributed by atoms with E-state index >= 15 is 0 Å². The summed E-state index contributed by atoms with van der Waals surface area (Å²) in [4.78, 5) is 10.5. The van der Waals surface area contributed by atoms with E-state index in [0.717, 1.165) is 20.0 Å². The molecule has 0 aromatic rings. The van der Waals surface area contributed by atoms with Gasteiger partial charge in [-0.3, -0.25) is 0 Å². The van der Waals surface area contributed by atoms with E-state index in [-0.39, 0.29) is 17.8 Å². The van der Waals surface area contributed by atoms with Crippen molar-refractivity contribution in [1.29, 1.82) is 0 Å². The van der Waals surface area contributed by atoms with Crippen LogP contribution in [0.4, 0.5) is 4.79 Å². The summed E-state index contributed by atoms with van der Waals surface area (Å²) in [6, 6.07) is 0. The van der Waals surface area contributed by atoms with Gasteiger partial charge in [-0.2, -0.15) is 0 Å². The van der Waals surface area contributed by atoms with Crippen molar-refractivity contribution in [2.45, 2.75) is 64.6 Å². The SMILES string of the molecule is CNC(=O)OC(C)(C)C.CO.OC1/C=C\CCCCC1. The molecule has 0 saturated heterocycles. The monoisotopic (exact) mass is 289 g/mol. The molecule has 0 radical (unpaired) electrons. The summed E-state index contributed by atoms with van der Waals surface area (Å²) in [5.41, 5.74) is -0.389. The first-order valence-corrected chi connectivity index (χ1v) is 7.05. The molecule has 1 aliphatic rings. The van der Waals surface area contributed by atoms with E-state index in [4.69, 9.17) is 14.9 Å². The molecule has 1 rings (SSSR count). The van der Waals surface area contributed by atoms with Crippen molar-refractivity contribution in [3.05, 3.63) is 12.2 Å². The number of aliphatic hydroxyl groups excluding tert-OH is 2. The van der Waals surface area contributed by atoms with E-state index in [0.29, 0.717) is 0 Å². The maximum Gasteiger partial charge on any atom is 0.407 e. The lowest BCUT2D eigenvalue weighted by molar-refractivity contribution is 0.0541. The van der Waals surface area contributed by atoms with Crippen LogP contribution in [0.3, 0.4) is 0 Å². The van der Waals surface area contributed by atoms with Crippen molar-refractivity contribution in [2.24, 2.45) is 0 Å². The van der Waals surface area contributed by atoms with Gasteiger partial charge in [-0.1, -0.05) is 25.0 Å². The average molecular weight is 289 g/mol. The van der Waals surface area contributed by atoms with Gasteiger partial charge < -0.3 is 20.3 Å². The van der Waals surface area contributed by atoms with Crippen molar-refractivity contribution in [3.8, 4) is 0 Å². The van der Waals surface area contributed by atoms with Gasteiger partial charge in [-0.25, -0.2) is 4.79 Å². The molecule has 0 bridgehead atoms. The molecule has 1 atom stereocenters. The average Bonchev–Trinajstić information content (AvgIpc) is 2.35. The van der Waals surface area contributed by atoms with Gasteiger partial charge in [0.05, 0.1) is 6.10 Å². The second kappa shape index (κ2) is 12.9. The molecule has 0 aromatic heterocycles. The molecule has 20 heavy (non-hydrogen) atoms. The van der Waals surface area contributed by atoms with Gasteiger partial charge in [0, 0.05) is 14.2 Å². The number of carbonyl (C=O) groups excluding carboxylic acids is 1. The number of ether oxygens (including phenoxy) is 1. The minimum Gasteiger partial charge on any atom is -0.444 e. The molecule has 0 fully saturated rings. The molecule has 1 aliphatic carbocycles. The van der Waals surface area contributed by atoms with Gasteiger partial charge >= 0.3 is 6.09 Å². The predicted octanol–water partition coefficient (Wildman–Crippen LogP) is 2.62. The number of amides is 1. The minimum absolute atomic E-state index is 0.162. The van der Waals surface area contributed by atoms with E-state index in [1.807, 2.05) is 26.8 Å². The van der Waals surface area contributed by atoms with Crippen LogP contribution in [0.1, 0.15) is 52.9 Å². The van der Waals surface area contributed by atoms with Crippen LogP contribution in [0, 0.1) is 0 Å². The van der Waals surface area contributed by atoms with Crippen molar-refractivity contribution in [2.75, 3.05) is 14.2 Å². The maximum absolute atomic E-state index is 10.5. The van der Waals surface area contributed by atoms with Crippen LogP contribution < -0.4 is 5.32 Å². The van der Waals surface area contributed by atoms with Crippen LogP contribution in [-0.4, -0.2) is 42.2 Å². The number of hydrogen-bond acceptors (Lipinski definition) is 4. The number of hydrogen-bond donors (Lipinski definition) is 3. The fourth-order valence-corrected chi connectivity index (χ4v) is 1.47. The van der Waals surface area contributed by atoms with Crippen molar-refractivity contribution >= 4 is 6.09 Å². The van der Waals surface area contributed by atoms with Gasteiger partial charge in [-0.05, 0) is 40.0 Å². The van der Waals surface area contributed by atoms with E-state index < -0.39 is 0 Å². The fraction of sp³-hybridized carbons (Fsp3) is 0.800. The Hall–Kier alpha value is -1.07. The molecule has 0 aromatic carbocycles. The Kier molecular flexibility index (Phi) is 13.7. The second-order valence-corrected chi connectivity index (χ2v) is 5.39. The molecule has 3 N–H and O–H groups in total. The van der Waals surface area contributed by atoms with Crippen LogP contribution >= 0.6 is 0 Å². The number of nitrogens with one attached hydrogen (secondary N) is 1. The first-order chi connectivity index (χ1) is 9.35. The zero-order valence-corrected chi connectivity index (χ0v) is 13.5. The van der Waals surface area contributed by atoms with Crippen LogP contribution in [0.5, 0.6) is 0 Å². The smallest absolute Gasteiger partial charge is 0.407 e. The number of alkyl carbamates (subject to hydrolysis) is 1. The third-order valence-corrected chi connectivity index (χ3v) is 2.33. The highest BCUT2D eigenvalue weighted by Crippen LogP contribution is 2.10. The highest BCUT2D eigenvalue weighted by Gasteiger charge is 2.13. The maximum atomic E-state index is 10.5. The number of rotatable bonds is 0. The topological polar surface area (TPSA) is 78.8 Å². The summed E-state index contributed by atoms with van der Waals surface area (Å²) in [6.07, 6.45) is 9.32. The van der Waals surface area contributed by atoms with Crippen molar-refractivity contribution in [3.63, 3.8) is 0 Å². The Morgan fingerprint density at radius 2 is 1.85 bits per heavy atom. The highest BCUT2D eigenvalue weighted by atomic mass is 16.6. The van der Waals surface area contributed by atoms with Crippen molar-refractivity contribution < 1.29 is 19.7 Å². The van der Waals surface area contributed by atoms with E-state index in [2.05, 4.69) is 11.4 Å². The molecular formula is C15H31NO4. The summed E-state index contributed by atoms with van der Waals surface area (Å²) in [6.45, 7) is 5.46. The normalized spacial score (nSPS) is 19.9. The Labute approximate surface area is 123 Å². The molecular weight excluding hydrogens is 258 g/mol. The van der Waals surface area contributed by atoms with E-state index in [1.54, 1.807) is 0 Å². The summed E-state index contributed by atoms with van der Waals surface area (Å²) >= 11 is 0. The molecule has 0 aliphatic heterocycles. The molecule has 5 nitrogen and oxygen atoms in total. The predicted molar refractivity (Wildman–Crippen MR) is 81.7 cm³/mol. The third-order valence-electron chi connectivity index (χ3n) is 2.33. The Bertz CT molecular complexity index is 259. The number of carbonyl (C=O) groups is 1. The minimum atomic E-state index is -0.389. The van der Waals surface area contributed by atoms with Gasteiger partial charge in [0.1, 0.15) is 5.60 Å². The lowest BCUT2D eigenvalue weighted by Gasteiger charge is -2.18. The summed E-state index contributed by atoms with van der Waals surface area (Å²) in [7, 11) is 2.54.